The maximum atomic E-state index is 13.7. The first kappa shape index (κ1) is 80.5. The zero-order valence-corrected chi connectivity index (χ0v) is 59.6. The van der Waals surface area contributed by atoms with E-state index < -0.39 is 43.3 Å². The molecule has 0 fully saturated rings. The molecule has 0 amide bonds. The summed E-state index contributed by atoms with van der Waals surface area (Å²) in [5.41, 5.74) is 6.42. The van der Waals surface area contributed by atoms with E-state index >= 15 is 0 Å². The van der Waals surface area contributed by atoms with Gasteiger partial charge in [-0.15, -0.1) is 0 Å². The number of rotatable bonds is 6. The van der Waals surface area contributed by atoms with Crippen LogP contribution in [0.4, 0.5) is 47.3 Å². The molecule has 21 nitrogen and oxygen atoms in total. The van der Waals surface area contributed by atoms with Gasteiger partial charge >= 0.3 is 11.4 Å². The molecule has 0 atom stereocenters. The van der Waals surface area contributed by atoms with Crippen molar-refractivity contribution in [1.82, 2.24) is 15.0 Å². The first-order valence-electron chi connectivity index (χ1n) is 29.4. The minimum Gasteiger partial charge on any atom is -0.344 e. The van der Waals surface area contributed by atoms with Crippen molar-refractivity contribution in [2.24, 2.45) is 0 Å². The molecule has 0 aliphatic rings. The van der Waals surface area contributed by atoms with Crippen LogP contribution in [0, 0.1) is 106 Å². The minimum atomic E-state index is -1.75. The molecule has 2 heterocycles. The highest BCUT2D eigenvalue weighted by atomic mass is 35.5. The van der Waals surface area contributed by atoms with Crippen molar-refractivity contribution >= 4 is 90.9 Å². The predicted molar refractivity (Wildman–Crippen MR) is 370 cm³/mol. The third-order valence-electron chi connectivity index (χ3n) is 14.7. The van der Waals surface area contributed by atoms with Crippen LogP contribution in [0.25, 0.3) is 21.9 Å². The summed E-state index contributed by atoms with van der Waals surface area (Å²) in [6.07, 6.45) is 3.16. The van der Waals surface area contributed by atoms with Crippen molar-refractivity contribution < 1.29 is 42.7 Å². The van der Waals surface area contributed by atoms with Crippen LogP contribution in [-0.2, 0) is 32.5 Å². The lowest BCUT2D eigenvalue weighted by molar-refractivity contribution is -0.390. The van der Waals surface area contributed by atoms with Gasteiger partial charge in [-0.2, -0.15) is 8.78 Å². The number of aromatic amines is 1. The van der Waals surface area contributed by atoms with Crippen molar-refractivity contribution in [3.05, 3.63) is 234 Å². The standard InChI is InChI=1S/C13H14N2O2.C12H17NO2.C11H12Cl3NO2.C11H12F3NO2.C11H13N3O2.C10H13NO2/c1-13(2,3)10-6-7-11(15(16)17)9-5-4-8-14-12(9)10;1-8-7-11(13(14)15)9(2)6-10(8)12(3,4)5;2*1-5-6(11(2,3)4)8(13)9(14)10(7(5)12)15(16)17;1-11(2,3)7-4-5-8(14(15)16)10-9(7)12-6-13-10;1-10(2,3)8-4-6-9(7-5-8)11(12)13/h4-8H,1-3H3;6-7H,1-5H3;2*1-4H3;4-6H,1-3H3,(H,12,13);4-7H,1-3H3. The fourth-order valence-electron chi connectivity index (χ4n) is 10.2. The van der Waals surface area contributed by atoms with Crippen LogP contribution in [0.15, 0.2) is 85.3 Å². The predicted octanol–water partition coefficient (Wildman–Crippen LogP) is 21.4. The number of H-pyrrole nitrogens is 1. The molecule has 0 saturated carbocycles. The molecule has 0 saturated heterocycles. The Morgan fingerprint density at radius 1 is 0.411 bits per heavy atom. The Hall–Kier alpha value is -8.74. The maximum absolute atomic E-state index is 13.7. The van der Waals surface area contributed by atoms with Gasteiger partial charge in [-0.25, -0.2) is 9.37 Å². The molecule has 8 rings (SSSR count). The number of hydrogen-bond donors (Lipinski definition) is 1. The van der Waals surface area contributed by atoms with Gasteiger partial charge in [0.05, 0.1) is 57.3 Å². The molecule has 6 aromatic carbocycles. The van der Waals surface area contributed by atoms with Crippen LogP contribution in [-0.4, -0.2) is 44.5 Å². The molecule has 0 aliphatic heterocycles. The summed E-state index contributed by atoms with van der Waals surface area (Å²) in [4.78, 5) is 72.2. The summed E-state index contributed by atoms with van der Waals surface area (Å²) in [7, 11) is 0. The van der Waals surface area contributed by atoms with E-state index in [0.29, 0.717) is 22.0 Å². The first-order valence-corrected chi connectivity index (χ1v) is 30.6. The lowest BCUT2D eigenvalue weighted by Gasteiger charge is -2.24. The van der Waals surface area contributed by atoms with Crippen LogP contribution >= 0.6 is 34.8 Å². The fraction of sp³-hybridized carbons (Fsp3) is 0.412. The Kier molecular flexibility index (Phi) is 26.1. The second-order valence-electron chi connectivity index (χ2n) is 28.4. The highest BCUT2D eigenvalue weighted by Crippen LogP contribution is 2.47. The second kappa shape index (κ2) is 30.8. The van der Waals surface area contributed by atoms with E-state index in [1.165, 1.54) is 24.9 Å². The Morgan fingerprint density at radius 3 is 1.32 bits per heavy atom. The molecular formula is C68H81Cl3F3N9O12. The summed E-state index contributed by atoms with van der Waals surface area (Å²) in [6, 6.07) is 20.4. The number of halogens is 6. The highest BCUT2D eigenvalue weighted by Gasteiger charge is 2.36. The number of benzene rings is 6. The van der Waals surface area contributed by atoms with Gasteiger partial charge in [-0.1, -0.05) is 172 Å². The largest absolute Gasteiger partial charge is 0.344 e. The topological polar surface area (TPSA) is 300 Å². The molecule has 0 unspecified atom stereocenters. The van der Waals surface area contributed by atoms with E-state index in [9.17, 15) is 73.9 Å². The lowest BCUT2D eigenvalue weighted by atomic mass is 9.83. The van der Waals surface area contributed by atoms with Gasteiger partial charge < -0.3 is 4.98 Å². The summed E-state index contributed by atoms with van der Waals surface area (Å²) in [6.45, 7) is 42.1. The van der Waals surface area contributed by atoms with Gasteiger partial charge in [-0.3, -0.25) is 65.7 Å². The van der Waals surface area contributed by atoms with Crippen LogP contribution in [0.5, 0.6) is 0 Å². The van der Waals surface area contributed by atoms with Crippen LogP contribution in [0.1, 0.15) is 180 Å². The van der Waals surface area contributed by atoms with Crippen molar-refractivity contribution in [3.63, 3.8) is 0 Å². The number of nitrogens with zero attached hydrogens (tertiary/aromatic N) is 8. The third-order valence-corrected chi connectivity index (χ3v) is 16.0. The van der Waals surface area contributed by atoms with Crippen molar-refractivity contribution in [2.45, 2.75) is 185 Å². The molecule has 0 aliphatic carbocycles. The monoisotopic (exact) mass is 1380 g/mol. The smallest absolute Gasteiger partial charge is 0.343 e. The summed E-state index contributed by atoms with van der Waals surface area (Å²) >= 11 is 18.0. The molecular weight excluding hydrogens is 1300 g/mol. The van der Waals surface area contributed by atoms with Crippen molar-refractivity contribution in [2.75, 3.05) is 0 Å². The quantitative estimate of drug-likeness (QED) is 0.0920. The average molecular weight is 1380 g/mol. The number of hydrogen-bond acceptors (Lipinski definition) is 14. The van der Waals surface area contributed by atoms with E-state index in [-0.39, 0.29) is 96.5 Å². The normalized spacial score (nSPS) is 11.7. The number of aromatic nitrogens is 3. The van der Waals surface area contributed by atoms with E-state index in [4.69, 9.17) is 34.8 Å². The molecule has 0 radical (unpaired) electrons. The molecule has 8 aromatic rings. The number of imidazole rings is 1. The van der Waals surface area contributed by atoms with E-state index in [1.54, 1.807) is 101 Å². The first-order chi connectivity index (χ1) is 43.1. The number of nitro benzene ring substituents is 6. The van der Waals surface area contributed by atoms with E-state index in [2.05, 4.69) is 98.0 Å². The average Bonchev–Trinajstić information content (AvgIpc) is 0.838. The molecule has 95 heavy (non-hydrogen) atoms. The number of nitrogens with one attached hydrogen (secondary N) is 1. The Bertz CT molecular complexity index is 4090. The summed E-state index contributed by atoms with van der Waals surface area (Å²) in [5.74, 6) is -4.43. The molecule has 0 spiro atoms. The van der Waals surface area contributed by atoms with Gasteiger partial charge in [0.2, 0.25) is 11.6 Å². The van der Waals surface area contributed by atoms with Crippen LogP contribution < -0.4 is 0 Å². The van der Waals surface area contributed by atoms with Crippen molar-refractivity contribution in [1.29, 1.82) is 0 Å². The maximum Gasteiger partial charge on any atom is 0.343 e. The van der Waals surface area contributed by atoms with Gasteiger partial charge in [0.1, 0.15) is 10.0 Å². The number of non-ortho nitro benzene ring substituents is 3. The highest BCUT2D eigenvalue weighted by molar-refractivity contribution is 6.46. The summed E-state index contributed by atoms with van der Waals surface area (Å²) in [5, 5.41) is 65.0. The number of aryl methyl sites for hydroxylation is 2. The Balaban J connectivity index is 0.000000298. The lowest BCUT2D eigenvalue weighted by Crippen LogP contribution is -2.19. The third kappa shape index (κ3) is 19.9. The Labute approximate surface area is 564 Å². The Morgan fingerprint density at radius 2 is 0.884 bits per heavy atom. The van der Waals surface area contributed by atoms with Gasteiger partial charge in [-0.05, 0) is 135 Å². The van der Waals surface area contributed by atoms with Crippen LogP contribution in [0.2, 0.25) is 15.1 Å². The van der Waals surface area contributed by atoms with Crippen LogP contribution in [0.3, 0.4) is 0 Å². The number of nitro groups is 6. The zero-order valence-electron chi connectivity index (χ0n) is 57.3. The van der Waals surface area contributed by atoms with Gasteiger partial charge in [0, 0.05) is 47.7 Å². The molecule has 512 valence electrons. The number of pyridine rings is 1. The van der Waals surface area contributed by atoms with Gasteiger partial charge in [0.25, 0.3) is 22.7 Å². The molecule has 2 aromatic heterocycles. The molecule has 27 heteroatoms. The number of fused-ring (bicyclic) bond motifs is 2. The second-order valence-corrected chi connectivity index (χ2v) is 29.5. The molecule has 0 bridgehead atoms. The minimum absolute atomic E-state index is 0.0317. The van der Waals surface area contributed by atoms with Crippen molar-refractivity contribution in [3.8, 4) is 0 Å². The van der Waals surface area contributed by atoms with Gasteiger partial charge in [0.15, 0.2) is 11.3 Å². The van der Waals surface area contributed by atoms with E-state index in [1.807, 2.05) is 33.8 Å². The molecule has 1 N–H and O–H groups in total. The zero-order chi connectivity index (χ0) is 73.5. The summed E-state index contributed by atoms with van der Waals surface area (Å²) < 4.78 is 40.8. The fourth-order valence-corrected chi connectivity index (χ4v) is 11.3. The SMILES string of the molecule is CC(C)(C)c1ccc([N+](=O)[O-])c2cccnc12.CC(C)(C)c1ccc([N+](=O)[O-])c2nc[nH]c12.CC(C)(C)c1ccc([N+](=O)[O-])cc1.Cc1c(Cl)c([N+](=O)[O-])c(Cl)c(Cl)c1C(C)(C)C.Cc1c(F)c([N+](=O)[O-])c(F)c(F)c1C(C)(C)C.Cc1cc(C(C)(C)C)c(C)cc1[N+](=O)[O-]. The van der Waals surface area contributed by atoms with E-state index in [0.717, 1.165) is 38.9 Å².